The van der Waals surface area contributed by atoms with Crippen molar-refractivity contribution in [3.8, 4) is 0 Å². The van der Waals surface area contributed by atoms with Crippen molar-refractivity contribution in [3.63, 3.8) is 0 Å². The quantitative estimate of drug-likeness (QED) is 0.668. The van der Waals surface area contributed by atoms with Gasteiger partial charge in [-0.15, -0.1) is 0 Å². The van der Waals surface area contributed by atoms with Crippen LogP contribution in [0.4, 0.5) is 0 Å². The molecule has 1 saturated heterocycles. The lowest BCUT2D eigenvalue weighted by molar-refractivity contribution is -0.125. The standard InChI is InChI=1S/C13H26N4O/c1-13(2,3)17-8-9(7-15-17)12(18)16-11-5-10(6-11)14-4/h9-11,14-15H,5-8H2,1-4H3,(H,16,18). The Balaban J connectivity index is 1.75. The molecule has 3 N–H and O–H groups in total. The third kappa shape index (κ3) is 3.02. The molecule has 1 aliphatic carbocycles. The molecular weight excluding hydrogens is 228 g/mol. The second-order valence-corrected chi connectivity index (χ2v) is 6.50. The van der Waals surface area contributed by atoms with Gasteiger partial charge in [0.05, 0.1) is 5.92 Å². The molecule has 2 aliphatic rings. The van der Waals surface area contributed by atoms with Crippen LogP contribution < -0.4 is 16.1 Å². The largest absolute Gasteiger partial charge is 0.353 e. The van der Waals surface area contributed by atoms with Crippen molar-refractivity contribution in [3.05, 3.63) is 0 Å². The van der Waals surface area contributed by atoms with E-state index in [0.717, 1.165) is 25.9 Å². The van der Waals surface area contributed by atoms with E-state index in [-0.39, 0.29) is 17.4 Å². The lowest BCUT2D eigenvalue weighted by atomic mass is 9.86. The molecule has 18 heavy (non-hydrogen) atoms. The zero-order valence-corrected chi connectivity index (χ0v) is 11.9. The molecule has 1 unspecified atom stereocenters. The smallest absolute Gasteiger partial charge is 0.226 e. The molecule has 104 valence electrons. The van der Waals surface area contributed by atoms with Gasteiger partial charge in [-0.05, 0) is 40.7 Å². The molecule has 0 radical (unpaired) electrons. The summed E-state index contributed by atoms with van der Waals surface area (Å²) in [6, 6.07) is 0.960. The van der Waals surface area contributed by atoms with E-state index in [1.54, 1.807) is 0 Å². The molecule has 1 amide bonds. The van der Waals surface area contributed by atoms with Crippen LogP contribution >= 0.6 is 0 Å². The Morgan fingerprint density at radius 3 is 2.44 bits per heavy atom. The van der Waals surface area contributed by atoms with Crippen LogP contribution in [0.3, 0.4) is 0 Å². The van der Waals surface area contributed by atoms with Gasteiger partial charge in [-0.25, -0.2) is 5.01 Å². The van der Waals surface area contributed by atoms with Crippen LogP contribution in [0.25, 0.3) is 0 Å². The SMILES string of the molecule is CNC1CC(NC(=O)C2CNN(C(C)(C)C)C2)C1. The lowest BCUT2D eigenvalue weighted by Gasteiger charge is -2.36. The van der Waals surface area contributed by atoms with Gasteiger partial charge in [0.2, 0.25) is 5.91 Å². The van der Waals surface area contributed by atoms with Crippen LogP contribution in [0, 0.1) is 5.92 Å². The number of nitrogens with zero attached hydrogens (tertiary/aromatic N) is 1. The van der Waals surface area contributed by atoms with Crippen LogP contribution in [0.1, 0.15) is 33.6 Å². The number of nitrogens with one attached hydrogen (secondary N) is 3. The Morgan fingerprint density at radius 1 is 1.28 bits per heavy atom. The second kappa shape index (κ2) is 5.15. The van der Waals surface area contributed by atoms with Gasteiger partial charge >= 0.3 is 0 Å². The highest BCUT2D eigenvalue weighted by Gasteiger charge is 2.36. The minimum Gasteiger partial charge on any atom is -0.353 e. The van der Waals surface area contributed by atoms with E-state index in [4.69, 9.17) is 0 Å². The highest BCUT2D eigenvalue weighted by atomic mass is 16.2. The maximum atomic E-state index is 12.1. The zero-order chi connectivity index (χ0) is 13.3. The summed E-state index contributed by atoms with van der Waals surface area (Å²) in [4.78, 5) is 12.1. The number of amides is 1. The lowest BCUT2D eigenvalue weighted by Crippen LogP contribution is -2.53. The van der Waals surface area contributed by atoms with Crippen LogP contribution in [0.15, 0.2) is 0 Å². The summed E-state index contributed by atoms with van der Waals surface area (Å²) in [5.74, 6) is 0.284. The van der Waals surface area contributed by atoms with E-state index in [1.807, 2.05) is 7.05 Å². The Bertz CT molecular complexity index is 307. The van der Waals surface area contributed by atoms with Gasteiger partial charge in [0.1, 0.15) is 0 Å². The summed E-state index contributed by atoms with van der Waals surface area (Å²) in [5.41, 5.74) is 3.39. The van der Waals surface area contributed by atoms with Crippen molar-refractivity contribution in [1.29, 1.82) is 0 Å². The Morgan fingerprint density at radius 2 is 1.94 bits per heavy atom. The van der Waals surface area contributed by atoms with Crippen molar-refractivity contribution >= 4 is 5.91 Å². The molecule has 1 heterocycles. The average molecular weight is 254 g/mol. The number of carbonyl (C=O) groups excluding carboxylic acids is 1. The number of hydrazine groups is 1. The molecule has 0 aromatic rings. The average Bonchev–Trinajstić information content (AvgIpc) is 2.70. The van der Waals surface area contributed by atoms with Gasteiger partial charge in [-0.3, -0.25) is 10.2 Å². The predicted molar refractivity (Wildman–Crippen MR) is 72.0 cm³/mol. The summed E-state index contributed by atoms with van der Waals surface area (Å²) < 4.78 is 0. The molecule has 2 fully saturated rings. The number of rotatable bonds is 3. The monoisotopic (exact) mass is 254 g/mol. The first-order valence-corrected chi connectivity index (χ1v) is 6.89. The molecule has 0 spiro atoms. The summed E-state index contributed by atoms with van der Waals surface area (Å²) in [7, 11) is 1.98. The van der Waals surface area contributed by atoms with E-state index in [0.29, 0.717) is 12.1 Å². The molecular formula is C13H26N4O. The van der Waals surface area contributed by atoms with Crippen molar-refractivity contribution < 1.29 is 4.79 Å². The van der Waals surface area contributed by atoms with Gasteiger partial charge in [0, 0.05) is 30.7 Å². The first-order valence-electron chi connectivity index (χ1n) is 6.89. The van der Waals surface area contributed by atoms with Crippen molar-refractivity contribution in [1.82, 2.24) is 21.1 Å². The third-order valence-electron chi connectivity index (χ3n) is 4.00. The molecule has 5 heteroatoms. The molecule has 1 aliphatic heterocycles. The maximum absolute atomic E-state index is 12.1. The van der Waals surface area contributed by atoms with Gasteiger partial charge in [0.15, 0.2) is 0 Å². The normalized spacial score (nSPS) is 33.2. The van der Waals surface area contributed by atoms with E-state index < -0.39 is 0 Å². The Kier molecular flexibility index (Phi) is 3.94. The van der Waals surface area contributed by atoms with E-state index in [9.17, 15) is 4.79 Å². The highest BCUT2D eigenvalue weighted by molar-refractivity contribution is 5.79. The van der Waals surface area contributed by atoms with Crippen molar-refractivity contribution in [2.75, 3.05) is 20.1 Å². The predicted octanol–water partition coefficient (Wildman–Crippen LogP) is 0.0879. The molecule has 0 aromatic heterocycles. The van der Waals surface area contributed by atoms with Gasteiger partial charge in [-0.1, -0.05) is 0 Å². The zero-order valence-electron chi connectivity index (χ0n) is 11.9. The summed E-state index contributed by atoms with van der Waals surface area (Å²) in [6.45, 7) is 8.03. The molecule has 0 aromatic carbocycles. The summed E-state index contributed by atoms with van der Waals surface area (Å²) in [6.07, 6.45) is 2.12. The molecule has 2 rings (SSSR count). The summed E-state index contributed by atoms with van der Waals surface area (Å²) >= 11 is 0. The molecule has 5 nitrogen and oxygen atoms in total. The van der Waals surface area contributed by atoms with Gasteiger partial charge in [-0.2, -0.15) is 0 Å². The van der Waals surface area contributed by atoms with Gasteiger partial charge in [0.25, 0.3) is 0 Å². The molecule has 1 saturated carbocycles. The third-order valence-corrected chi connectivity index (χ3v) is 4.00. The van der Waals surface area contributed by atoms with Crippen molar-refractivity contribution in [2.45, 2.75) is 51.2 Å². The van der Waals surface area contributed by atoms with Crippen LogP contribution in [-0.4, -0.2) is 48.7 Å². The minimum absolute atomic E-state index is 0.0721. The van der Waals surface area contributed by atoms with Crippen LogP contribution in [0.2, 0.25) is 0 Å². The summed E-state index contributed by atoms with van der Waals surface area (Å²) in [5, 5.41) is 8.54. The van der Waals surface area contributed by atoms with E-state index >= 15 is 0 Å². The second-order valence-electron chi connectivity index (χ2n) is 6.50. The fourth-order valence-electron chi connectivity index (χ4n) is 2.55. The van der Waals surface area contributed by atoms with Crippen LogP contribution in [0.5, 0.6) is 0 Å². The maximum Gasteiger partial charge on any atom is 0.226 e. The first kappa shape index (κ1) is 13.8. The van der Waals surface area contributed by atoms with Crippen LogP contribution in [-0.2, 0) is 4.79 Å². The Hall–Kier alpha value is -0.650. The fraction of sp³-hybridized carbons (Fsp3) is 0.923. The number of hydrogen-bond acceptors (Lipinski definition) is 4. The fourth-order valence-corrected chi connectivity index (χ4v) is 2.55. The first-order chi connectivity index (χ1) is 8.40. The Labute approximate surface area is 110 Å². The number of carbonyl (C=O) groups is 1. The number of hydrogen-bond donors (Lipinski definition) is 3. The van der Waals surface area contributed by atoms with E-state index in [1.165, 1.54) is 0 Å². The molecule has 0 bridgehead atoms. The van der Waals surface area contributed by atoms with Gasteiger partial charge < -0.3 is 10.6 Å². The topological polar surface area (TPSA) is 56.4 Å². The molecule has 1 atom stereocenters. The van der Waals surface area contributed by atoms with Crippen molar-refractivity contribution in [2.24, 2.45) is 5.92 Å². The van der Waals surface area contributed by atoms with E-state index in [2.05, 4.69) is 41.8 Å². The minimum atomic E-state index is 0.0721. The highest BCUT2D eigenvalue weighted by Crippen LogP contribution is 2.21.